The molecule has 4 heteroatoms. The number of aryl methyl sites for hydroxylation is 1. The van der Waals surface area contributed by atoms with Crippen LogP contribution in [0, 0.1) is 0 Å². The molecule has 1 atom stereocenters. The van der Waals surface area contributed by atoms with Gasteiger partial charge in [0.1, 0.15) is 0 Å². The van der Waals surface area contributed by atoms with E-state index in [0.717, 1.165) is 32.7 Å². The predicted octanol–water partition coefficient (Wildman–Crippen LogP) is 3.00. The van der Waals surface area contributed by atoms with Crippen LogP contribution in [-0.2, 0) is 17.6 Å². The molecule has 0 spiro atoms. The topological polar surface area (TPSA) is 35.6 Å². The summed E-state index contributed by atoms with van der Waals surface area (Å²) in [6, 6.07) is 10.1. The van der Waals surface area contributed by atoms with Crippen LogP contribution in [-0.4, -0.2) is 60.5 Å². The van der Waals surface area contributed by atoms with E-state index in [4.69, 9.17) is 0 Å². The summed E-state index contributed by atoms with van der Waals surface area (Å²) in [4.78, 5) is 17.4. The Morgan fingerprint density at radius 3 is 2.48 bits per heavy atom. The summed E-state index contributed by atoms with van der Waals surface area (Å²) in [6.07, 6.45) is 10.6. The molecule has 2 fully saturated rings. The molecular weight excluding hydrogens is 334 g/mol. The lowest BCUT2D eigenvalue weighted by atomic mass is 9.87. The molecule has 4 nitrogen and oxygen atoms in total. The molecule has 4 rings (SSSR count). The van der Waals surface area contributed by atoms with Gasteiger partial charge in [0.15, 0.2) is 0 Å². The van der Waals surface area contributed by atoms with Gasteiger partial charge in [0, 0.05) is 51.2 Å². The Hall–Kier alpha value is -1.39. The Bertz CT molecular complexity index is 618. The summed E-state index contributed by atoms with van der Waals surface area (Å²) in [7, 11) is 0. The van der Waals surface area contributed by atoms with E-state index in [-0.39, 0.29) is 5.91 Å². The molecule has 1 saturated heterocycles. The Kier molecular flexibility index (Phi) is 6.46. The van der Waals surface area contributed by atoms with Gasteiger partial charge in [-0.1, -0.05) is 43.5 Å². The minimum atomic E-state index is 0.258. The van der Waals surface area contributed by atoms with E-state index in [2.05, 4.69) is 39.4 Å². The number of hydrogen-bond donors (Lipinski definition) is 1. The fourth-order valence-corrected chi connectivity index (χ4v) is 5.15. The highest BCUT2D eigenvalue weighted by atomic mass is 16.1. The first-order valence-electron chi connectivity index (χ1n) is 11.1. The van der Waals surface area contributed by atoms with E-state index in [9.17, 15) is 4.79 Å². The molecule has 1 aromatic rings. The fraction of sp³-hybridized carbons (Fsp3) is 0.696. The van der Waals surface area contributed by atoms with Crippen molar-refractivity contribution < 1.29 is 4.79 Å². The number of nitrogens with zero attached hydrogens (tertiary/aromatic N) is 2. The number of fused-ring (bicyclic) bond motifs is 1. The normalized spacial score (nSPS) is 25.1. The number of rotatable bonds is 5. The largest absolute Gasteiger partial charge is 0.353 e. The van der Waals surface area contributed by atoms with Crippen LogP contribution in [0.5, 0.6) is 0 Å². The van der Waals surface area contributed by atoms with Crippen molar-refractivity contribution in [2.24, 2.45) is 0 Å². The number of amides is 1. The maximum Gasteiger partial charge on any atom is 0.221 e. The molecule has 3 aliphatic rings. The molecule has 27 heavy (non-hydrogen) atoms. The molecular formula is C23H35N3O. The number of nitrogens with one attached hydrogen (secondary N) is 1. The quantitative estimate of drug-likeness (QED) is 0.867. The van der Waals surface area contributed by atoms with E-state index in [1.54, 1.807) is 11.1 Å². The summed E-state index contributed by atoms with van der Waals surface area (Å²) < 4.78 is 0. The summed E-state index contributed by atoms with van der Waals surface area (Å²) in [5.74, 6) is 0.258. The minimum absolute atomic E-state index is 0.258. The maximum absolute atomic E-state index is 12.2. The van der Waals surface area contributed by atoms with E-state index in [1.165, 1.54) is 51.4 Å². The number of carbonyl (C=O) groups is 1. The Labute approximate surface area is 164 Å². The van der Waals surface area contributed by atoms with Crippen LogP contribution in [0.2, 0.25) is 0 Å². The van der Waals surface area contributed by atoms with E-state index in [1.807, 2.05) is 0 Å². The second-order valence-corrected chi connectivity index (χ2v) is 8.70. The third kappa shape index (κ3) is 5.11. The lowest BCUT2D eigenvalue weighted by Gasteiger charge is -2.41. The average Bonchev–Trinajstić information content (AvgIpc) is 2.73. The summed E-state index contributed by atoms with van der Waals surface area (Å²) in [6.45, 7) is 5.43. The Morgan fingerprint density at radius 1 is 0.963 bits per heavy atom. The molecule has 2 aliphatic carbocycles. The zero-order chi connectivity index (χ0) is 18.5. The van der Waals surface area contributed by atoms with Gasteiger partial charge in [-0.05, 0) is 43.2 Å². The number of carbonyl (C=O) groups excluding carboxylic acids is 1. The third-order valence-corrected chi connectivity index (χ3v) is 6.87. The highest BCUT2D eigenvalue weighted by Crippen LogP contribution is 2.25. The molecule has 1 saturated carbocycles. The van der Waals surface area contributed by atoms with Gasteiger partial charge in [0.2, 0.25) is 5.91 Å². The summed E-state index contributed by atoms with van der Waals surface area (Å²) in [5, 5.41) is 3.25. The number of piperazine rings is 1. The van der Waals surface area contributed by atoms with Crippen molar-refractivity contribution in [2.75, 3.05) is 32.7 Å². The predicted molar refractivity (Wildman–Crippen MR) is 110 cm³/mol. The van der Waals surface area contributed by atoms with Gasteiger partial charge >= 0.3 is 0 Å². The second kappa shape index (κ2) is 9.20. The van der Waals surface area contributed by atoms with Gasteiger partial charge in [0.05, 0.1) is 0 Å². The highest BCUT2D eigenvalue weighted by Gasteiger charge is 2.27. The zero-order valence-corrected chi connectivity index (χ0v) is 16.7. The first-order chi connectivity index (χ1) is 13.3. The highest BCUT2D eigenvalue weighted by molar-refractivity contribution is 5.76. The van der Waals surface area contributed by atoms with Crippen molar-refractivity contribution in [1.29, 1.82) is 0 Å². The lowest BCUT2D eigenvalue weighted by Crippen LogP contribution is -2.52. The molecule has 1 amide bonds. The third-order valence-electron chi connectivity index (χ3n) is 6.87. The van der Waals surface area contributed by atoms with Crippen LogP contribution in [0.15, 0.2) is 24.3 Å². The van der Waals surface area contributed by atoms with Crippen molar-refractivity contribution in [1.82, 2.24) is 15.1 Å². The van der Waals surface area contributed by atoms with Gasteiger partial charge in [-0.25, -0.2) is 0 Å². The average molecular weight is 370 g/mol. The zero-order valence-electron chi connectivity index (χ0n) is 16.7. The van der Waals surface area contributed by atoms with E-state index in [0.29, 0.717) is 18.5 Å². The Morgan fingerprint density at radius 2 is 1.70 bits per heavy atom. The molecule has 1 heterocycles. The van der Waals surface area contributed by atoms with Crippen LogP contribution in [0.25, 0.3) is 0 Å². The van der Waals surface area contributed by atoms with Crippen molar-refractivity contribution >= 4 is 5.91 Å². The van der Waals surface area contributed by atoms with Crippen molar-refractivity contribution in [3.05, 3.63) is 35.4 Å². The van der Waals surface area contributed by atoms with Crippen LogP contribution < -0.4 is 5.32 Å². The number of benzene rings is 1. The first-order valence-corrected chi connectivity index (χ1v) is 11.1. The van der Waals surface area contributed by atoms with E-state index < -0.39 is 0 Å². The van der Waals surface area contributed by atoms with Crippen molar-refractivity contribution in [3.8, 4) is 0 Å². The first kappa shape index (κ1) is 18.9. The molecule has 0 aromatic heterocycles. The van der Waals surface area contributed by atoms with Gasteiger partial charge in [-0.3, -0.25) is 9.69 Å². The van der Waals surface area contributed by atoms with Gasteiger partial charge in [0.25, 0.3) is 0 Å². The monoisotopic (exact) mass is 369 g/mol. The van der Waals surface area contributed by atoms with Gasteiger partial charge < -0.3 is 10.2 Å². The molecule has 148 valence electrons. The number of hydrogen-bond acceptors (Lipinski definition) is 3. The lowest BCUT2D eigenvalue weighted by molar-refractivity contribution is -0.122. The van der Waals surface area contributed by atoms with Crippen molar-refractivity contribution in [2.45, 2.75) is 69.9 Å². The van der Waals surface area contributed by atoms with Crippen LogP contribution in [0.3, 0.4) is 0 Å². The molecule has 1 N–H and O–H groups in total. The van der Waals surface area contributed by atoms with Crippen LogP contribution in [0.4, 0.5) is 0 Å². The summed E-state index contributed by atoms with van der Waals surface area (Å²) >= 11 is 0. The molecule has 1 unspecified atom stereocenters. The SMILES string of the molecule is O=C(CCN1CCN(C2CCc3ccccc3C2)CC1)NC1CCCCC1. The van der Waals surface area contributed by atoms with E-state index >= 15 is 0 Å². The fourth-order valence-electron chi connectivity index (χ4n) is 5.15. The molecule has 1 aliphatic heterocycles. The Balaban J connectivity index is 1.17. The maximum atomic E-state index is 12.2. The van der Waals surface area contributed by atoms with Gasteiger partial charge in [-0.2, -0.15) is 0 Å². The van der Waals surface area contributed by atoms with Crippen LogP contribution in [0.1, 0.15) is 56.1 Å². The molecule has 0 bridgehead atoms. The van der Waals surface area contributed by atoms with Crippen LogP contribution >= 0.6 is 0 Å². The standard InChI is InChI=1S/C23H35N3O/c27-23(24-21-8-2-1-3-9-21)12-13-25-14-16-26(17-15-25)22-11-10-19-6-4-5-7-20(19)18-22/h4-7,21-22H,1-3,8-18H2,(H,24,27). The van der Waals surface area contributed by atoms with Crippen molar-refractivity contribution in [3.63, 3.8) is 0 Å². The smallest absolute Gasteiger partial charge is 0.221 e. The second-order valence-electron chi connectivity index (χ2n) is 8.70. The minimum Gasteiger partial charge on any atom is -0.353 e. The molecule has 1 aromatic carbocycles. The summed E-state index contributed by atoms with van der Waals surface area (Å²) in [5.41, 5.74) is 3.10. The molecule has 0 radical (unpaired) electrons. The van der Waals surface area contributed by atoms with Gasteiger partial charge in [-0.15, -0.1) is 0 Å².